The summed E-state index contributed by atoms with van der Waals surface area (Å²) in [6, 6.07) is 10.8. The molecule has 0 bridgehead atoms. The number of para-hydroxylation sites is 1. The smallest absolute Gasteiger partial charge is 0.321 e. The minimum absolute atomic E-state index is 0.349. The molecule has 0 spiro atoms. The van der Waals surface area contributed by atoms with Gasteiger partial charge in [-0.05, 0) is 18.2 Å². The van der Waals surface area contributed by atoms with Crippen LogP contribution in [0.5, 0.6) is 5.75 Å². The van der Waals surface area contributed by atoms with E-state index in [-0.39, 0.29) is 6.03 Å². The lowest BCUT2D eigenvalue weighted by Gasteiger charge is -2.09. The maximum Gasteiger partial charge on any atom is 0.321 e. The molecule has 1 aromatic carbocycles. The van der Waals surface area contributed by atoms with Crippen molar-refractivity contribution in [2.24, 2.45) is 0 Å². The van der Waals surface area contributed by atoms with Gasteiger partial charge in [0.2, 0.25) is 5.13 Å². The van der Waals surface area contributed by atoms with Gasteiger partial charge in [-0.2, -0.15) is 0 Å². The number of rotatable bonds is 5. The molecular formula is C16H15N5O2S. The first-order valence-corrected chi connectivity index (χ1v) is 7.98. The first-order chi connectivity index (χ1) is 11.8. The summed E-state index contributed by atoms with van der Waals surface area (Å²) in [5.41, 5.74) is 1.80. The van der Waals surface area contributed by atoms with Gasteiger partial charge in [0, 0.05) is 30.1 Å². The highest BCUT2D eigenvalue weighted by atomic mass is 32.1. The molecule has 0 fully saturated rings. The van der Waals surface area contributed by atoms with Gasteiger partial charge < -0.3 is 10.1 Å². The zero-order chi connectivity index (χ0) is 16.8. The Bertz CT molecular complexity index is 822. The average Bonchev–Trinajstić information content (AvgIpc) is 3.09. The quantitative estimate of drug-likeness (QED) is 0.745. The molecular weight excluding hydrogens is 326 g/mol. The van der Waals surface area contributed by atoms with Crippen molar-refractivity contribution in [3.05, 3.63) is 54.4 Å². The molecule has 0 saturated carbocycles. The first kappa shape index (κ1) is 15.9. The van der Waals surface area contributed by atoms with Crippen LogP contribution in [0, 0.1) is 0 Å². The number of amides is 2. The predicted molar refractivity (Wildman–Crippen MR) is 92.0 cm³/mol. The van der Waals surface area contributed by atoms with Crippen LogP contribution in [0.1, 0.15) is 5.56 Å². The number of ether oxygens (including phenoxy) is 1. The molecule has 122 valence electrons. The molecule has 0 aliphatic carbocycles. The molecule has 3 aromatic rings. The first-order valence-electron chi connectivity index (χ1n) is 7.17. The molecule has 2 amide bonds. The van der Waals surface area contributed by atoms with Gasteiger partial charge in [-0.15, -0.1) is 10.2 Å². The molecule has 2 N–H and O–H groups in total. The van der Waals surface area contributed by atoms with Gasteiger partial charge >= 0.3 is 6.03 Å². The molecule has 24 heavy (non-hydrogen) atoms. The number of pyridine rings is 1. The SMILES string of the molecule is COc1ccccc1CNC(=O)Nc1nnc(-c2ccncc2)s1. The highest BCUT2D eigenvalue weighted by Crippen LogP contribution is 2.25. The minimum atomic E-state index is -0.349. The molecule has 2 aromatic heterocycles. The van der Waals surface area contributed by atoms with E-state index in [2.05, 4.69) is 25.8 Å². The fourth-order valence-electron chi connectivity index (χ4n) is 2.05. The van der Waals surface area contributed by atoms with Crippen molar-refractivity contribution in [1.82, 2.24) is 20.5 Å². The fourth-order valence-corrected chi connectivity index (χ4v) is 2.79. The summed E-state index contributed by atoms with van der Waals surface area (Å²) in [6.07, 6.45) is 3.37. The zero-order valence-electron chi connectivity index (χ0n) is 12.9. The summed E-state index contributed by atoms with van der Waals surface area (Å²) < 4.78 is 5.25. The fraction of sp³-hybridized carbons (Fsp3) is 0.125. The maximum absolute atomic E-state index is 12.0. The lowest BCUT2D eigenvalue weighted by Crippen LogP contribution is -2.28. The Morgan fingerprint density at radius 3 is 2.75 bits per heavy atom. The zero-order valence-corrected chi connectivity index (χ0v) is 13.7. The van der Waals surface area contributed by atoms with Crippen LogP contribution < -0.4 is 15.4 Å². The summed E-state index contributed by atoms with van der Waals surface area (Å²) in [4.78, 5) is 16.0. The number of carbonyl (C=O) groups excluding carboxylic acids is 1. The number of carbonyl (C=O) groups is 1. The third-order valence-electron chi connectivity index (χ3n) is 3.20. The number of aromatic nitrogens is 3. The van der Waals surface area contributed by atoms with E-state index in [9.17, 15) is 4.79 Å². The molecule has 0 unspecified atom stereocenters. The van der Waals surface area contributed by atoms with Crippen molar-refractivity contribution in [2.45, 2.75) is 6.54 Å². The molecule has 0 atom stereocenters. The van der Waals surface area contributed by atoms with Crippen molar-refractivity contribution in [2.75, 3.05) is 12.4 Å². The summed E-state index contributed by atoms with van der Waals surface area (Å²) in [5, 5.41) is 14.6. The minimum Gasteiger partial charge on any atom is -0.496 e. The second-order valence-corrected chi connectivity index (χ2v) is 5.75. The monoisotopic (exact) mass is 341 g/mol. The van der Waals surface area contributed by atoms with Crippen LogP contribution >= 0.6 is 11.3 Å². The number of hydrogen-bond acceptors (Lipinski definition) is 6. The van der Waals surface area contributed by atoms with Crippen LogP contribution in [0.4, 0.5) is 9.93 Å². The topological polar surface area (TPSA) is 89.0 Å². The Labute approximate surface area is 142 Å². The Balaban J connectivity index is 1.58. The van der Waals surface area contributed by atoms with Gasteiger partial charge in [0.1, 0.15) is 10.8 Å². The van der Waals surface area contributed by atoms with Crippen molar-refractivity contribution in [3.63, 3.8) is 0 Å². The van der Waals surface area contributed by atoms with E-state index < -0.39 is 0 Å². The van der Waals surface area contributed by atoms with E-state index in [0.717, 1.165) is 21.9 Å². The van der Waals surface area contributed by atoms with E-state index in [0.29, 0.717) is 11.7 Å². The predicted octanol–water partition coefficient (Wildman–Crippen LogP) is 2.93. The number of nitrogens with one attached hydrogen (secondary N) is 2. The summed E-state index contributed by atoms with van der Waals surface area (Å²) in [6.45, 7) is 0.353. The van der Waals surface area contributed by atoms with Crippen LogP contribution in [0.15, 0.2) is 48.8 Å². The van der Waals surface area contributed by atoms with E-state index >= 15 is 0 Å². The Hall–Kier alpha value is -3.00. The largest absolute Gasteiger partial charge is 0.496 e. The molecule has 0 saturated heterocycles. The van der Waals surface area contributed by atoms with E-state index in [1.165, 1.54) is 11.3 Å². The van der Waals surface area contributed by atoms with Gasteiger partial charge in [0.05, 0.1) is 7.11 Å². The van der Waals surface area contributed by atoms with Gasteiger partial charge in [-0.3, -0.25) is 10.3 Å². The van der Waals surface area contributed by atoms with E-state index in [4.69, 9.17) is 4.74 Å². The van der Waals surface area contributed by atoms with Crippen molar-refractivity contribution in [1.29, 1.82) is 0 Å². The number of methoxy groups -OCH3 is 1. The summed E-state index contributed by atoms with van der Waals surface area (Å²) >= 11 is 1.30. The third kappa shape index (κ3) is 3.85. The van der Waals surface area contributed by atoms with Gasteiger partial charge in [0.25, 0.3) is 0 Å². The van der Waals surface area contributed by atoms with Crippen LogP contribution in [-0.4, -0.2) is 28.3 Å². The van der Waals surface area contributed by atoms with Crippen molar-refractivity contribution >= 4 is 22.5 Å². The maximum atomic E-state index is 12.0. The molecule has 0 aliphatic heterocycles. The van der Waals surface area contributed by atoms with Crippen LogP contribution in [0.3, 0.4) is 0 Å². The van der Waals surface area contributed by atoms with Crippen LogP contribution in [0.2, 0.25) is 0 Å². The molecule has 0 radical (unpaired) electrons. The van der Waals surface area contributed by atoms with Crippen LogP contribution in [-0.2, 0) is 6.54 Å². The van der Waals surface area contributed by atoms with E-state index in [1.807, 2.05) is 36.4 Å². The van der Waals surface area contributed by atoms with Crippen molar-refractivity contribution in [3.8, 4) is 16.3 Å². The second-order valence-electron chi connectivity index (χ2n) is 4.77. The Morgan fingerprint density at radius 1 is 1.17 bits per heavy atom. The number of anilines is 1. The van der Waals surface area contributed by atoms with E-state index in [1.54, 1.807) is 19.5 Å². The Kier molecular flexibility index (Phi) is 4.97. The normalized spacial score (nSPS) is 10.2. The molecule has 3 rings (SSSR count). The number of urea groups is 1. The molecule has 8 heteroatoms. The Morgan fingerprint density at radius 2 is 1.96 bits per heavy atom. The lowest BCUT2D eigenvalue weighted by molar-refractivity contribution is 0.251. The summed E-state index contributed by atoms with van der Waals surface area (Å²) in [7, 11) is 1.60. The molecule has 7 nitrogen and oxygen atoms in total. The highest BCUT2D eigenvalue weighted by molar-refractivity contribution is 7.18. The highest BCUT2D eigenvalue weighted by Gasteiger charge is 2.10. The number of benzene rings is 1. The van der Waals surface area contributed by atoms with Gasteiger partial charge in [-0.25, -0.2) is 4.79 Å². The standard InChI is InChI=1S/C16H15N5O2S/c1-23-13-5-3-2-4-12(13)10-18-15(22)19-16-21-20-14(24-16)11-6-8-17-9-7-11/h2-9H,10H2,1H3,(H2,18,19,21,22). The lowest BCUT2D eigenvalue weighted by atomic mass is 10.2. The molecule has 2 heterocycles. The third-order valence-corrected chi connectivity index (χ3v) is 4.09. The van der Waals surface area contributed by atoms with Gasteiger partial charge in [-0.1, -0.05) is 29.5 Å². The average molecular weight is 341 g/mol. The van der Waals surface area contributed by atoms with Crippen LogP contribution in [0.25, 0.3) is 10.6 Å². The second kappa shape index (κ2) is 7.51. The van der Waals surface area contributed by atoms with Gasteiger partial charge in [0.15, 0.2) is 0 Å². The number of nitrogens with zero attached hydrogens (tertiary/aromatic N) is 3. The summed E-state index contributed by atoms with van der Waals surface area (Å²) in [5.74, 6) is 0.730. The number of hydrogen-bond donors (Lipinski definition) is 2. The molecule has 0 aliphatic rings. The van der Waals surface area contributed by atoms with Crippen molar-refractivity contribution < 1.29 is 9.53 Å².